The largest absolute Gasteiger partial charge is 0.471 e. The molecule has 0 aliphatic heterocycles. The van der Waals surface area contributed by atoms with Gasteiger partial charge in [0.25, 0.3) is 5.91 Å². The Hall–Kier alpha value is -3.09. The van der Waals surface area contributed by atoms with Gasteiger partial charge in [-0.05, 0) is 6.92 Å². The molecule has 1 aromatic carbocycles. The van der Waals surface area contributed by atoms with Crippen LogP contribution in [-0.2, 0) is 13.7 Å². The van der Waals surface area contributed by atoms with E-state index in [0.717, 1.165) is 16.8 Å². The Kier molecular flexibility index (Phi) is 3.84. The monoisotopic (exact) mass is 312 g/mol. The number of benzene rings is 1. The Balaban J connectivity index is 1.83. The molecule has 0 unspecified atom stereocenters. The Bertz CT molecular complexity index is 836. The third kappa shape index (κ3) is 2.94. The molecule has 3 rings (SSSR count). The van der Waals surface area contributed by atoms with Crippen molar-refractivity contribution in [3.8, 4) is 17.1 Å². The molecule has 2 aromatic heterocycles. The van der Waals surface area contributed by atoms with Crippen molar-refractivity contribution in [3.63, 3.8) is 0 Å². The molecule has 2 heterocycles. The molecule has 3 aromatic rings. The fourth-order valence-electron chi connectivity index (χ4n) is 2.27. The number of amides is 1. The average Bonchev–Trinajstić information content (AvgIpc) is 3.09. The van der Waals surface area contributed by atoms with E-state index in [1.54, 1.807) is 7.05 Å². The van der Waals surface area contributed by atoms with Crippen LogP contribution >= 0.6 is 0 Å². The second kappa shape index (κ2) is 5.96. The van der Waals surface area contributed by atoms with Gasteiger partial charge in [0.1, 0.15) is 23.8 Å². The average molecular weight is 312 g/mol. The van der Waals surface area contributed by atoms with E-state index < -0.39 is 5.91 Å². The number of aryl methyl sites for hydroxylation is 2. The molecule has 0 saturated heterocycles. The summed E-state index contributed by atoms with van der Waals surface area (Å²) in [5, 5.41) is 8.20. The first-order valence-electron chi connectivity index (χ1n) is 7.03. The Morgan fingerprint density at radius 2 is 2.09 bits per heavy atom. The van der Waals surface area contributed by atoms with Crippen molar-refractivity contribution < 1.29 is 14.1 Å². The van der Waals surface area contributed by atoms with Crippen LogP contribution in [0.4, 0.5) is 0 Å². The first kappa shape index (κ1) is 14.8. The minimum absolute atomic E-state index is 0.231. The topological polar surface area (TPSA) is 96.2 Å². The highest BCUT2D eigenvalue weighted by atomic mass is 16.5. The van der Waals surface area contributed by atoms with Gasteiger partial charge < -0.3 is 15.0 Å². The lowest BCUT2D eigenvalue weighted by molar-refractivity contribution is 0.0991. The van der Waals surface area contributed by atoms with Crippen molar-refractivity contribution in [2.75, 3.05) is 0 Å². The van der Waals surface area contributed by atoms with Crippen LogP contribution < -0.4 is 10.5 Å². The predicted octanol–water partition coefficient (Wildman–Crippen LogP) is 2.06. The molecule has 0 aliphatic carbocycles. The highest BCUT2D eigenvalue weighted by Crippen LogP contribution is 2.26. The fraction of sp³-hybridized carbons (Fsp3) is 0.188. The van der Waals surface area contributed by atoms with Crippen molar-refractivity contribution in [1.82, 2.24) is 14.9 Å². The lowest BCUT2D eigenvalue weighted by Gasteiger charge is -2.04. The van der Waals surface area contributed by atoms with E-state index in [9.17, 15) is 4.79 Å². The normalized spacial score (nSPS) is 10.7. The molecule has 0 fully saturated rings. The quantitative estimate of drug-likeness (QED) is 0.778. The highest BCUT2D eigenvalue weighted by molar-refractivity contribution is 5.91. The molecule has 0 aliphatic rings. The van der Waals surface area contributed by atoms with Gasteiger partial charge in [0, 0.05) is 18.7 Å². The van der Waals surface area contributed by atoms with Gasteiger partial charge in [0.2, 0.25) is 5.88 Å². The summed E-state index contributed by atoms with van der Waals surface area (Å²) in [6.45, 7) is 2.06. The molecular formula is C16H16N4O3. The van der Waals surface area contributed by atoms with E-state index in [2.05, 4.69) is 10.3 Å². The molecule has 0 saturated carbocycles. The fourth-order valence-corrected chi connectivity index (χ4v) is 2.27. The number of nitrogens with zero attached hydrogens (tertiary/aromatic N) is 3. The molecule has 0 radical (unpaired) electrons. The van der Waals surface area contributed by atoms with E-state index >= 15 is 0 Å². The zero-order valence-electron chi connectivity index (χ0n) is 12.8. The van der Waals surface area contributed by atoms with E-state index in [-0.39, 0.29) is 12.3 Å². The minimum Gasteiger partial charge on any atom is -0.471 e. The molecular weight excluding hydrogens is 296 g/mol. The minimum atomic E-state index is -0.555. The molecule has 1 amide bonds. The maximum absolute atomic E-state index is 11.2. The molecule has 7 nitrogen and oxygen atoms in total. The summed E-state index contributed by atoms with van der Waals surface area (Å²) in [6.07, 6.45) is 0. The van der Waals surface area contributed by atoms with Gasteiger partial charge in [-0.3, -0.25) is 9.48 Å². The van der Waals surface area contributed by atoms with Crippen molar-refractivity contribution in [2.24, 2.45) is 12.8 Å². The summed E-state index contributed by atoms with van der Waals surface area (Å²) in [6, 6.07) is 11.2. The van der Waals surface area contributed by atoms with E-state index in [1.165, 1.54) is 10.7 Å². The Morgan fingerprint density at radius 1 is 1.35 bits per heavy atom. The molecule has 0 bridgehead atoms. The summed E-state index contributed by atoms with van der Waals surface area (Å²) in [5.74, 6) is 0.441. The van der Waals surface area contributed by atoms with Gasteiger partial charge in [0.05, 0.1) is 5.56 Å². The number of hydrogen-bond donors (Lipinski definition) is 1. The van der Waals surface area contributed by atoms with Crippen molar-refractivity contribution in [2.45, 2.75) is 13.5 Å². The second-order valence-corrected chi connectivity index (χ2v) is 5.08. The number of aromatic nitrogens is 3. The molecule has 2 N–H and O–H groups in total. The number of carbonyl (C=O) groups is 1. The van der Waals surface area contributed by atoms with E-state index in [1.807, 2.05) is 37.3 Å². The first-order chi connectivity index (χ1) is 11.1. The first-order valence-corrected chi connectivity index (χ1v) is 7.03. The van der Waals surface area contributed by atoms with Crippen LogP contribution in [0.15, 0.2) is 40.9 Å². The summed E-state index contributed by atoms with van der Waals surface area (Å²) < 4.78 is 12.3. The van der Waals surface area contributed by atoms with Gasteiger partial charge in [-0.1, -0.05) is 35.5 Å². The van der Waals surface area contributed by atoms with Crippen LogP contribution in [0.1, 0.15) is 21.8 Å². The van der Waals surface area contributed by atoms with Gasteiger partial charge in [-0.15, -0.1) is 5.10 Å². The summed E-state index contributed by atoms with van der Waals surface area (Å²) in [4.78, 5) is 11.2. The number of ether oxygens (including phenoxy) is 1. The van der Waals surface area contributed by atoms with Crippen molar-refractivity contribution in [3.05, 3.63) is 53.4 Å². The van der Waals surface area contributed by atoms with Gasteiger partial charge >= 0.3 is 0 Å². The number of primary amides is 1. The maximum atomic E-state index is 11.2. The molecule has 23 heavy (non-hydrogen) atoms. The smallest absolute Gasteiger partial charge is 0.267 e. The molecule has 118 valence electrons. The van der Waals surface area contributed by atoms with Crippen molar-refractivity contribution >= 4 is 5.91 Å². The predicted molar refractivity (Wildman–Crippen MR) is 82.7 cm³/mol. The Labute approximate surface area is 132 Å². The van der Waals surface area contributed by atoms with Crippen molar-refractivity contribution in [1.29, 1.82) is 0 Å². The summed E-state index contributed by atoms with van der Waals surface area (Å²) in [7, 11) is 1.63. The van der Waals surface area contributed by atoms with Crippen LogP contribution in [0.3, 0.4) is 0 Å². The molecule has 0 atom stereocenters. The van der Waals surface area contributed by atoms with Gasteiger partial charge in [0.15, 0.2) is 0 Å². The Morgan fingerprint density at radius 3 is 2.74 bits per heavy atom. The summed E-state index contributed by atoms with van der Waals surface area (Å²) in [5.41, 5.74) is 8.06. The van der Waals surface area contributed by atoms with Crippen LogP contribution in [0.2, 0.25) is 0 Å². The van der Waals surface area contributed by atoms with Crippen LogP contribution in [-0.4, -0.2) is 20.8 Å². The van der Waals surface area contributed by atoms with Crippen LogP contribution in [0.5, 0.6) is 5.88 Å². The SMILES string of the molecule is Cc1onc(-c2ccccc2)c1COc1cc(C(N)=O)n(C)n1. The number of nitrogens with two attached hydrogens (primary N) is 1. The van der Waals surface area contributed by atoms with E-state index in [4.69, 9.17) is 15.0 Å². The summed E-state index contributed by atoms with van der Waals surface area (Å²) >= 11 is 0. The van der Waals surface area contributed by atoms with E-state index in [0.29, 0.717) is 11.6 Å². The maximum Gasteiger partial charge on any atom is 0.267 e. The molecule has 0 spiro atoms. The lowest BCUT2D eigenvalue weighted by atomic mass is 10.1. The third-order valence-corrected chi connectivity index (χ3v) is 3.51. The standard InChI is InChI=1S/C16H16N4O3/c1-10-12(15(19-23-10)11-6-4-3-5-7-11)9-22-14-8-13(16(17)21)20(2)18-14/h3-8H,9H2,1-2H3,(H2,17,21). The van der Waals surface area contributed by atoms with Gasteiger partial charge in [-0.25, -0.2) is 0 Å². The third-order valence-electron chi connectivity index (χ3n) is 3.51. The number of carbonyl (C=O) groups excluding carboxylic acids is 1. The second-order valence-electron chi connectivity index (χ2n) is 5.08. The zero-order valence-corrected chi connectivity index (χ0v) is 12.8. The lowest BCUT2D eigenvalue weighted by Crippen LogP contribution is -2.15. The molecule has 7 heteroatoms. The zero-order chi connectivity index (χ0) is 16.4. The number of rotatable bonds is 5. The van der Waals surface area contributed by atoms with Gasteiger partial charge in [-0.2, -0.15) is 0 Å². The van der Waals surface area contributed by atoms with Crippen LogP contribution in [0.25, 0.3) is 11.3 Å². The van der Waals surface area contributed by atoms with Crippen LogP contribution in [0, 0.1) is 6.92 Å². The highest BCUT2D eigenvalue weighted by Gasteiger charge is 2.17. The number of hydrogen-bond acceptors (Lipinski definition) is 5.